The first kappa shape index (κ1) is 24.3. The van der Waals surface area contributed by atoms with E-state index in [2.05, 4.69) is 15.4 Å². The van der Waals surface area contributed by atoms with Crippen LogP contribution in [-0.4, -0.2) is 20.7 Å². The Bertz CT molecular complexity index is 1470. The summed E-state index contributed by atoms with van der Waals surface area (Å²) in [6.07, 6.45) is 4.84. The summed E-state index contributed by atoms with van der Waals surface area (Å²) >= 11 is 0. The highest BCUT2D eigenvalue weighted by atomic mass is 32.2. The second kappa shape index (κ2) is 9.46. The first-order valence-electron chi connectivity index (χ1n) is 10.8. The second-order valence-electron chi connectivity index (χ2n) is 9.15. The molecule has 0 unspecified atom stereocenters. The van der Waals surface area contributed by atoms with E-state index >= 15 is 4.39 Å². The molecule has 2 aromatic carbocycles. The molecule has 0 fully saturated rings. The molecular weight excluding hydrogens is 469 g/mol. The number of aryl methyl sites for hydroxylation is 1. The van der Waals surface area contributed by atoms with E-state index in [1.807, 2.05) is 20.8 Å². The van der Waals surface area contributed by atoms with E-state index in [1.54, 1.807) is 54.3 Å². The Hall–Kier alpha value is -3.79. The fourth-order valence-corrected chi connectivity index (χ4v) is 4.01. The van der Waals surface area contributed by atoms with Crippen LogP contribution in [0.15, 0.2) is 59.9 Å². The Labute approximate surface area is 204 Å². The number of fused-ring (bicyclic) bond motifs is 1. The highest BCUT2D eigenvalue weighted by molar-refractivity contribution is 7.73. The molecule has 2 aromatic heterocycles. The summed E-state index contributed by atoms with van der Waals surface area (Å²) in [5.74, 6) is -0.559. The third kappa shape index (κ3) is 5.48. The van der Waals surface area contributed by atoms with E-state index in [1.165, 1.54) is 12.3 Å². The van der Waals surface area contributed by atoms with Gasteiger partial charge in [-0.3, -0.25) is 14.5 Å². The van der Waals surface area contributed by atoms with Crippen molar-refractivity contribution in [1.29, 1.82) is 4.78 Å². The van der Waals surface area contributed by atoms with Crippen LogP contribution < -0.4 is 10.1 Å². The number of carbonyl (C=O) groups excluding carboxylic acids is 1. The van der Waals surface area contributed by atoms with E-state index in [9.17, 15) is 9.00 Å². The Morgan fingerprint density at radius 2 is 2.00 bits per heavy atom. The lowest BCUT2D eigenvalue weighted by Gasteiger charge is -2.18. The van der Waals surface area contributed by atoms with Crippen molar-refractivity contribution in [3.05, 3.63) is 71.9 Å². The zero-order valence-electron chi connectivity index (χ0n) is 19.8. The summed E-state index contributed by atoms with van der Waals surface area (Å²) in [7, 11) is -1.93. The largest absolute Gasteiger partial charge is 0.453 e. The third-order valence-corrected chi connectivity index (χ3v) is 5.99. The van der Waals surface area contributed by atoms with Crippen molar-refractivity contribution < 1.29 is 18.1 Å². The average molecular weight is 495 g/mol. The van der Waals surface area contributed by atoms with Gasteiger partial charge in [0.2, 0.25) is 5.91 Å². The number of halogens is 1. The van der Waals surface area contributed by atoms with Gasteiger partial charge in [0, 0.05) is 17.8 Å². The van der Waals surface area contributed by atoms with E-state index in [0.29, 0.717) is 38.4 Å². The van der Waals surface area contributed by atoms with Gasteiger partial charge in [0.25, 0.3) is 0 Å². The SMILES string of the molecule is Cc1cc(CC(=O)Nc2cnn(C(C)(C)C)c2)cc(F)c1Oc1ccnc2ccc([S-](=N)=O)cc12. The highest BCUT2D eigenvalue weighted by Gasteiger charge is 2.17. The molecule has 0 spiro atoms. The maximum absolute atomic E-state index is 15.1. The van der Waals surface area contributed by atoms with Gasteiger partial charge >= 0.3 is 0 Å². The lowest BCUT2D eigenvalue weighted by molar-refractivity contribution is -0.115. The van der Waals surface area contributed by atoms with Crippen LogP contribution in [0.5, 0.6) is 11.5 Å². The van der Waals surface area contributed by atoms with E-state index in [-0.39, 0.29) is 23.6 Å². The summed E-state index contributed by atoms with van der Waals surface area (Å²) in [4.78, 5) is 17.1. The highest BCUT2D eigenvalue weighted by Crippen LogP contribution is 2.34. The van der Waals surface area contributed by atoms with Crippen molar-refractivity contribution in [3.63, 3.8) is 0 Å². The van der Waals surface area contributed by atoms with Gasteiger partial charge in [-0.2, -0.15) is 15.7 Å². The quantitative estimate of drug-likeness (QED) is 0.335. The number of nitrogens with zero attached hydrogens (tertiary/aromatic N) is 3. The minimum Gasteiger partial charge on any atom is -0.453 e. The summed E-state index contributed by atoms with van der Waals surface area (Å²) in [5, 5.41) is 7.56. The molecule has 8 nitrogen and oxygen atoms in total. The minimum absolute atomic E-state index is 0.0183. The molecule has 4 rings (SSSR count). The molecule has 0 aliphatic carbocycles. The van der Waals surface area contributed by atoms with Crippen molar-refractivity contribution in [2.45, 2.75) is 44.6 Å². The zero-order valence-corrected chi connectivity index (χ0v) is 20.6. The molecule has 0 bridgehead atoms. The summed E-state index contributed by atoms with van der Waals surface area (Å²) < 4.78 is 41.7. The normalized spacial score (nSPS) is 11.7. The van der Waals surface area contributed by atoms with Crippen LogP contribution in [0, 0.1) is 17.5 Å². The van der Waals surface area contributed by atoms with Crippen molar-refractivity contribution >= 4 is 33.1 Å². The topological polar surface area (TPSA) is 110 Å². The third-order valence-electron chi connectivity index (χ3n) is 5.31. The molecule has 2 heterocycles. The average Bonchev–Trinajstić information content (AvgIpc) is 3.25. The summed E-state index contributed by atoms with van der Waals surface area (Å²) in [6.45, 7) is 7.71. The molecular formula is C25H25FN5O3S-. The Morgan fingerprint density at radius 1 is 1.23 bits per heavy atom. The van der Waals surface area contributed by atoms with Gasteiger partial charge in [0.15, 0.2) is 11.6 Å². The molecule has 0 radical (unpaired) electrons. The van der Waals surface area contributed by atoms with Crippen molar-refractivity contribution in [3.8, 4) is 11.5 Å². The lowest BCUT2D eigenvalue weighted by Crippen LogP contribution is -2.22. The van der Waals surface area contributed by atoms with Crippen molar-refractivity contribution in [2.75, 3.05) is 5.32 Å². The summed E-state index contributed by atoms with van der Waals surface area (Å²) in [5.41, 5.74) is 1.94. The Kier molecular flexibility index (Phi) is 6.58. The van der Waals surface area contributed by atoms with Crippen LogP contribution in [0.2, 0.25) is 0 Å². The minimum atomic E-state index is -1.93. The monoisotopic (exact) mass is 494 g/mol. The van der Waals surface area contributed by atoms with Gasteiger partial charge in [-0.05, 0) is 57.0 Å². The molecule has 35 heavy (non-hydrogen) atoms. The smallest absolute Gasteiger partial charge is 0.228 e. The number of nitrogens with one attached hydrogen (secondary N) is 2. The van der Waals surface area contributed by atoms with Crippen LogP contribution >= 0.6 is 0 Å². The maximum Gasteiger partial charge on any atom is 0.228 e. The maximum atomic E-state index is 15.1. The first-order chi connectivity index (χ1) is 16.5. The predicted molar refractivity (Wildman–Crippen MR) is 132 cm³/mol. The number of aromatic nitrogens is 3. The molecule has 1 amide bonds. The second-order valence-corrected chi connectivity index (χ2v) is 10.2. The zero-order chi connectivity index (χ0) is 25.3. The first-order valence-corrected chi connectivity index (χ1v) is 12.0. The fourth-order valence-electron chi connectivity index (χ4n) is 3.59. The molecule has 0 saturated carbocycles. The van der Waals surface area contributed by atoms with E-state index < -0.39 is 16.4 Å². The number of anilines is 1. The molecule has 4 aromatic rings. The van der Waals surface area contributed by atoms with Crippen LogP contribution in [0.4, 0.5) is 10.1 Å². The standard InChI is InChI=1S/C25H25FN5O3S/c1-15-9-16(11-23(32)30-17-13-29-31(14-17)25(2,3)4)10-20(26)24(15)34-22-7-8-28-21-6-5-18(35(27)33)12-19(21)22/h5-10,12-14,27H,11H2,1-4H3,(H,30,32)/q-1. The van der Waals surface area contributed by atoms with Crippen LogP contribution in [0.25, 0.3) is 10.9 Å². The number of benzene rings is 2. The van der Waals surface area contributed by atoms with Gasteiger partial charge in [0.05, 0.1) is 29.4 Å². The number of hydrogen-bond donors (Lipinski definition) is 2. The van der Waals surface area contributed by atoms with Crippen molar-refractivity contribution in [1.82, 2.24) is 14.8 Å². The lowest BCUT2D eigenvalue weighted by atomic mass is 10.1. The van der Waals surface area contributed by atoms with Gasteiger partial charge in [-0.1, -0.05) is 23.1 Å². The van der Waals surface area contributed by atoms with Gasteiger partial charge in [-0.25, -0.2) is 4.39 Å². The summed E-state index contributed by atoms with van der Waals surface area (Å²) in [6, 6.07) is 9.30. The molecule has 0 atom stereocenters. The Balaban J connectivity index is 1.54. The van der Waals surface area contributed by atoms with Gasteiger partial charge in [0.1, 0.15) is 5.75 Å². The number of hydrogen-bond acceptors (Lipinski definition) is 7. The van der Waals surface area contributed by atoms with Gasteiger partial charge < -0.3 is 19.0 Å². The molecule has 0 saturated heterocycles. The Morgan fingerprint density at radius 3 is 2.66 bits per heavy atom. The molecule has 2 N–H and O–H groups in total. The van der Waals surface area contributed by atoms with Crippen LogP contribution in [0.3, 0.4) is 0 Å². The number of amides is 1. The van der Waals surface area contributed by atoms with Crippen LogP contribution in [0.1, 0.15) is 31.9 Å². The number of rotatable bonds is 6. The molecule has 0 aliphatic heterocycles. The number of pyridine rings is 1. The van der Waals surface area contributed by atoms with E-state index in [0.717, 1.165) is 0 Å². The molecule has 0 aliphatic rings. The van der Waals surface area contributed by atoms with Crippen molar-refractivity contribution in [2.24, 2.45) is 0 Å². The fraction of sp³-hybridized carbons (Fsp3) is 0.240. The number of ether oxygens (including phenoxy) is 1. The van der Waals surface area contributed by atoms with Crippen LogP contribution in [-0.2, 0) is 31.6 Å². The van der Waals surface area contributed by atoms with E-state index in [4.69, 9.17) is 9.52 Å². The predicted octanol–water partition coefficient (Wildman–Crippen LogP) is 5.69. The number of carbonyl (C=O) groups is 1. The molecule has 10 heteroatoms. The molecule has 182 valence electrons. The van der Waals surface area contributed by atoms with Gasteiger partial charge in [-0.15, -0.1) is 0 Å².